The van der Waals surface area contributed by atoms with Crippen LogP contribution in [0.2, 0.25) is 10.0 Å². The number of carbonyl (C=O) groups is 2. The Balaban J connectivity index is 2.89. The molecule has 1 aromatic carbocycles. The van der Waals surface area contributed by atoms with Gasteiger partial charge in [0.1, 0.15) is 6.10 Å². The highest BCUT2D eigenvalue weighted by atomic mass is 35.5. The fraction of sp³-hybridized carbons (Fsp3) is 0.400. The Morgan fingerprint density at radius 1 is 1.36 bits per heavy atom. The quantitative estimate of drug-likeness (QED) is 0.769. The number of nitriles is 1. The number of carbonyl (C=O) groups excluding carboxylic acids is 2. The SMILES string of the molecule is CCO[C@H](CC)C(=O)[C@@H](C#N)C(=O)Nc1ccc(Cl)cc1Cl. The van der Waals surface area contributed by atoms with Crippen molar-refractivity contribution >= 4 is 40.6 Å². The molecule has 1 rings (SSSR count). The van der Waals surface area contributed by atoms with Crippen LogP contribution in [0.15, 0.2) is 18.2 Å². The van der Waals surface area contributed by atoms with Gasteiger partial charge in [-0.3, -0.25) is 9.59 Å². The van der Waals surface area contributed by atoms with Crippen molar-refractivity contribution < 1.29 is 14.3 Å². The highest BCUT2D eigenvalue weighted by Gasteiger charge is 2.32. The predicted octanol–water partition coefficient (Wildman–Crippen LogP) is 3.46. The van der Waals surface area contributed by atoms with Gasteiger partial charge in [0.15, 0.2) is 11.7 Å². The van der Waals surface area contributed by atoms with Crippen molar-refractivity contribution in [3.63, 3.8) is 0 Å². The zero-order valence-electron chi connectivity index (χ0n) is 12.2. The summed E-state index contributed by atoms with van der Waals surface area (Å²) in [6, 6.07) is 6.21. The number of ether oxygens (including phenoxy) is 1. The van der Waals surface area contributed by atoms with Crippen molar-refractivity contribution in [1.82, 2.24) is 0 Å². The summed E-state index contributed by atoms with van der Waals surface area (Å²) in [5.41, 5.74) is 0.286. The van der Waals surface area contributed by atoms with Gasteiger partial charge in [0.25, 0.3) is 0 Å². The summed E-state index contributed by atoms with van der Waals surface area (Å²) >= 11 is 11.7. The molecule has 0 unspecified atom stereocenters. The Labute approximate surface area is 139 Å². The molecule has 0 aromatic heterocycles. The number of Topliss-reactive ketones (excluding diaryl/α,β-unsaturated/α-hetero) is 1. The minimum atomic E-state index is -1.46. The highest BCUT2D eigenvalue weighted by molar-refractivity contribution is 6.36. The summed E-state index contributed by atoms with van der Waals surface area (Å²) in [6.07, 6.45) is -0.388. The third-order valence-electron chi connectivity index (χ3n) is 2.92. The predicted molar refractivity (Wildman–Crippen MR) is 84.9 cm³/mol. The normalized spacial score (nSPS) is 13.0. The fourth-order valence-corrected chi connectivity index (χ4v) is 2.29. The van der Waals surface area contributed by atoms with Crippen LogP contribution >= 0.6 is 23.2 Å². The van der Waals surface area contributed by atoms with Crippen molar-refractivity contribution in [2.45, 2.75) is 26.4 Å². The first-order valence-corrected chi connectivity index (χ1v) is 7.51. The molecule has 0 aliphatic carbocycles. The van der Waals surface area contributed by atoms with E-state index in [0.717, 1.165) is 0 Å². The lowest BCUT2D eigenvalue weighted by Gasteiger charge is -2.17. The number of amides is 1. The Morgan fingerprint density at radius 2 is 2.05 bits per heavy atom. The van der Waals surface area contributed by atoms with Crippen LogP contribution in [0.4, 0.5) is 5.69 Å². The number of rotatable bonds is 7. The van der Waals surface area contributed by atoms with Crippen LogP contribution in [0.1, 0.15) is 20.3 Å². The second kappa shape index (κ2) is 8.74. The van der Waals surface area contributed by atoms with E-state index in [-0.39, 0.29) is 10.7 Å². The molecule has 1 N–H and O–H groups in total. The van der Waals surface area contributed by atoms with Crippen molar-refractivity contribution in [2.24, 2.45) is 5.92 Å². The summed E-state index contributed by atoms with van der Waals surface area (Å²) in [7, 11) is 0. The van der Waals surface area contributed by atoms with Crippen LogP contribution in [0.5, 0.6) is 0 Å². The Bertz CT molecular complexity index is 599. The van der Waals surface area contributed by atoms with Gasteiger partial charge in [0, 0.05) is 11.6 Å². The minimum Gasteiger partial charge on any atom is -0.371 e. The Kier molecular flexibility index (Phi) is 7.33. The topological polar surface area (TPSA) is 79.2 Å². The molecule has 0 radical (unpaired) electrons. The molecule has 0 spiro atoms. The van der Waals surface area contributed by atoms with Crippen LogP contribution in [0.3, 0.4) is 0 Å². The molecule has 7 heteroatoms. The largest absolute Gasteiger partial charge is 0.371 e. The molecule has 5 nitrogen and oxygen atoms in total. The Morgan fingerprint density at radius 3 is 2.55 bits per heavy atom. The van der Waals surface area contributed by atoms with Gasteiger partial charge >= 0.3 is 0 Å². The Hall–Kier alpha value is -1.61. The maximum atomic E-state index is 12.2. The molecule has 22 heavy (non-hydrogen) atoms. The standard InChI is InChI=1S/C15H16Cl2N2O3/c1-3-13(22-4-2)14(20)10(8-18)15(21)19-12-6-5-9(16)7-11(12)17/h5-7,10,13H,3-4H2,1-2H3,(H,19,21)/t10-,13-/m1/s1. The lowest BCUT2D eigenvalue weighted by atomic mass is 9.98. The number of ketones is 1. The summed E-state index contributed by atoms with van der Waals surface area (Å²) in [4.78, 5) is 24.3. The van der Waals surface area contributed by atoms with E-state index in [1.807, 2.05) is 0 Å². The molecule has 0 aliphatic rings. The van der Waals surface area contributed by atoms with E-state index in [4.69, 9.17) is 33.2 Å². The van der Waals surface area contributed by atoms with Gasteiger partial charge in [-0.15, -0.1) is 0 Å². The maximum Gasteiger partial charge on any atom is 0.249 e. The van der Waals surface area contributed by atoms with Crippen molar-refractivity contribution in [3.8, 4) is 6.07 Å². The van der Waals surface area contributed by atoms with Gasteiger partial charge in [0.05, 0.1) is 16.8 Å². The third-order valence-corrected chi connectivity index (χ3v) is 3.47. The van der Waals surface area contributed by atoms with E-state index in [0.29, 0.717) is 18.1 Å². The molecular weight excluding hydrogens is 327 g/mol. The number of halogens is 2. The zero-order chi connectivity index (χ0) is 16.7. The van der Waals surface area contributed by atoms with Gasteiger partial charge in [-0.05, 0) is 31.5 Å². The van der Waals surface area contributed by atoms with E-state index in [1.54, 1.807) is 26.0 Å². The lowest BCUT2D eigenvalue weighted by Crippen LogP contribution is -2.36. The van der Waals surface area contributed by atoms with Crippen molar-refractivity contribution in [2.75, 3.05) is 11.9 Å². The van der Waals surface area contributed by atoms with E-state index in [9.17, 15) is 9.59 Å². The van der Waals surface area contributed by atoms with E-state index < -0.39 is 23.7 Å². The van der Waals surface area contributed by atoms with E-state index >= 15 is 0 Å². The first-order chi connectivity index (χ1) is 10.4. The smallest absolute Gasteiger partial charge is 0.249 e. The van der Waals surface area contributed by atoms with Crippen LogP contribution in [-0.2, 0) is 14.3 Å². The van der Waals surface area contributed by atoms with Crippen LogP contribution < -0.4 is 5.32 Å². The molecule has 0 fully saturated rings. The molecule has 0 heterocycles. The molecule has 2 atom stereocenters. The monoisotopic (exact) mass is 342 g/mol. The molecule has 0 saturated carbocycles. The number of nitrogens with zero attached hydrogens (tertiary/aromatic N) is 1. The number of nitrogens with one attached hydrogen (secondary N) is 1. The summed E-state index contributed by atoms with van der Waals surface area (Å²) < 4.78 is 5.25. The van der Waals surface area contributed by atoms with Gasteiger partial charge in [-0.25, -0.2) is 0 Å². The first-order valence-electron chi connectivity index (χ1n) is 6.75. The molecule has 1 aromatic rings. The number of hydrogen-bond acceptors (Lipinski definition) is 4. The molecular formula is C15H16Cl2N2O3. The number of anilines is 1. The van der Waals surface area contributed by atoms with Crippen LogP contribution in [-0.4, -0.2) is 24.4 Å². The van der Waals surface area contributed by atoms with Gasteiger partial charge in [-0.2, -0.15) is 5.26 Å². The molecule has 0 aliphatic heterocycles. The summed E-state index contributed by atoms with van der Waals surface area (Å²) in [5.74, 6) is -2.76. The van der Waals surface area contributed by atoms with Crippen LogP contribution in [0, 0.1) is 17.2 Å². The molecule has 118 valence electrons. The van der Waals surface area contributed by atoms with Crippen LogP contribution in [0.25, 0.3) is 0 Å². The second-order valence-corrected chi connectivity index (χ2v) is 5.27. The maximum absolute atomic E-state index is 12.2. The first kappa shape index (κ1) is 18.4. The van der Waals surface area contributed by atoms with Gasteiger partial charge in [0.2, 0.25) is 5.91 Å². The highest BCUT2D eigenvalue weighted by Crippen LogP contribution is 2.26. The molecule has 0 saturated heterocycles. The third kappa shape index (κ3) is 4.70. The zero-order valence-corrected chi connectivity index (χ0v) is 13.7. The van der Waals surface area contributed by atoms with E-state index in [2.05, 4.69) is 5.32 Å². The molecule has 1 amide bonds. The minimum absolute atomic E-state index is 0.224. The number of hydrogen-bond donors (Lipinski definition) is 1. The van der Waals surface area contributed by atoms with Gasteiger partial charge < -0.3 is 10.1 Å². The summed E-state index contributed by atoms with van der Waals surface area (Å²) in [5, 5.41) is 12.2. The average molecular weight is 343 g/mol. The lowest BCUT2D eigenvalue weighted by molar-refractivity contribution is -0.137. The van der Waals surface area contributed by atoms with Crippen molar-refractivity contribution in [1.29, 1.82) is 5.26 Å². The number of benzene rings is 1. The second-order valence-electron chi connectivity index (χ2n) is 4.43. The van der Waals surface area contributed by atoms with E-state index in [1.165, 1.54) is 12.1 Å². The fourth-order valence-electron chi connectivity index (χ4n) is 1.84. The molecule has 0 bridgehead atoms. The summed E-state index contributed by atoms with van der Waals surface area (Å²) in [6.45, 7) is 3.82. The van der Waals surface area contributed by atoms with Crippen molar-refractivity contribution in [3.05, 3.63) is 28.2 Å². The van der Waals surface area contributed by atoms with Gasteiger partial charge in [-0.1, -0.05) is 30.1 Å². The average Bonchev–Trinajstić information content (AvgIpc) is 2.48.